The number of nitrogens with zero attached hydrogens (tertiary/aromatic N) is 1. The number of rotatable bonds is 5. The van der Waals surface area contributed by atoms with E-state index in [1.165, 1.54) is 19.3 Å². The molecule has 3 nitrogen and oxygen atoms in total. The van der Waals surface area contributed by atoms with Gasteiger partial charge in [-0.2, -0.15) is 0 Å². The second kappa shape index (κ2) is 7.27. The fourth-order valence-electron chi connectivity index (χ4n) is 2.50. The largest absolute Gasteiger partial charge is 0.490 e. The lowest BCUT2D eigenvalue weighted by Crippen LogP contribution is -2.43. The number of ether oxygens (including phenoxy) is 1. The molecule has 0 aliphatic carbocycles. The summed E-state index contributed by atoms with van der Waals surface area (Å²) < 4.78 is 6.58. The highest BCUT2D eigenvalue weighted by molar-refractivity contribution is 9.10. The number of aliphatic hydroxyl groups excluding tert-OH is 1. The van der Waals surface area contributed by atoms with Gasteiger partial charge in [-0.3, -0.25) is 4.90 Å². The Balaban J connectivity index is 1.78. The summed E-state index contributed by atoms with van der Waals surface area (Å²) in [5, 5.41) is 10.1. The first-order valence-electron chi connectivity index (χ1n) is 6.96. The van der Waals surface area contributed by atoms with Crippen LogP contribution in [0.1, 0.15) is 26.2 Å². The number of hydrogen-bond acceptors (Lipinski definition) is 3. The van der Waals surface area contributed by atoms with Gasteiger partial charge in [-0.15, -0.1) is 0 Å². The highest BCUT2D eigenvalue weighted by atomic mass is 79.9. The van der Waals surface area contributed by atoms with Crippen molar-refractivity contribution in [2.45, 2.75) is 38.3 Å². The van der Waals surface area contributed by atoms with E-state index < -0.39 is 6.10 Å². The summed E-state index contributed by atoms with van der Waals surface area (Å²) in [5.74, 6) is 0.785. The molecule has 1 saturated heterocycles. The molecule has 1 N–H and O–H groups in total. The van der Waals surface area contributed by atoms with Crippen LogP contribution in [0.25, 0.3) is 0 Å². The molecule has 1 fully saturated rings. The Morgan fingerprint density at radius 1 is 1.42 bits per heavy atom. The number of benzene rings is 1. The number of halogens is 1. The van der Waals surface area contributed by atoms with Crippen molar-refractivity contribution in [1.82, 2.24) is 4.90 Å². The molecular formula is C15H22BrNO2. The number of β-amino-alcohol motifs (C(OH)–C–C–N with tert-alkyl or cyclic N) is 1. The Labute approximate surface area is 123 Å². The average molecular weight is 328 g/mol. The second-order valence-corrected chi connectivity index (χ2v) is 6.09. The molecule has 1 aliphatic rings. The summed E-state index contributed by atoms with van der Waals surface area (Å²) in [6.07, 6.45) is 3.34. The summed E-state index contributed by atoms with van der Waals surface area (Å²) >= 11 is 3.44. The first kappa shape index (κ1) is 14.8. The maximum atomic E-state index is 10.1. The van der Waals surface area contributed by atoms with Gasteiger partial charge in [-0.25, -0.2) is 0 Å². The lowest BCUT2D eigenvalue weighted by Gasteiger charge is -2.34. The zero-order valence-electron chi connectivity index (χ0n) is 11.4. The van der Waals surface area contributed by atoms with Crippen LogP contribution in [-0.2, 0) is 0 Å². The lowest BCUT2D eigenvalue weighted by molar-refractivity contribution is 0.0436. The monoisotopic (exact) mass is 327 g/mol. The highest BCUT2D eigenvalue weighted by Crippen LogP contribution is 2.24. The molecular weight excluding hydrogens is 306 g/mol. The Morgan fingerprint density at radius 2 is 2.21 bits per heavy atom. The van der Waals surface area contributed by atoms with E-state index in [9.17, 15) is 5.11 Å². The van der Waals surface area contributed by atoms with Crippen LogP contribution in [0, 0.1) is 0 Å². The van der Waals surface area contributed by atoms with E-state index in [-0.39, 0.29) is 0 Å². The molecule has 1 heterocycles. The molecule has 106 valence electrons. The molecule has 4 heteroatoms. The smallest absolute Gasteiger partial charge is 0.133 e. The molecule has 0 bridgehead atoms. The Bertz CT molecular complexity index is 399. The van der Waals surface area contributed by atoms with Crippen molar-refractivity contribution in [2.75, 3.05) is 19.7 Å². The molecule has 0 spiro atoms. The van der Waals surface area contributed by atoms with Crippen LogP contribution < -0.4 is 4.74 Å². The quantitative estimate of drug-likeness (QED) is 0.902. The molecule has 1 aromatic rings. The summed E-state index contributed by atoms with van der Waals surface area (Å²) in [5.41, 5.74) is 0. The number of hydrogen-bond donors (Lipinski definition) is 1. The fraction of sp³-hybridized carbons (Fsp3) is 0.600. The number of aliphatic hydroxyl groups is 1. The zero-order chi connectivity index (χ0) is 13.7. The highest BCUT2D eigenvalue weighted by Gasteiger charge is 2.21. The molecule has 0 aromatic heterocycles. The first-order valence-corrected chi connectivity index (χ1v) is 7.75. The molecule has 2 unspecified atom stereocenters. The summed E-state index contributed by atoms with van der Waals surface area (Å²) in [7, 11) is 0. The third kappa shape index (κ3) is 4.48. The van der Waals surface area contributed by atoms with Crippen LogP contribution in [-0.4, -0.2) is 41.8 Å². The summed E-state index contributed by atoms with van der Waals surface area (Å²) in [4.78, 5) is 2.36. The standard InChI is InChI=1S/C15H22BrNO2/c1-12-6-4-5-9-17(12)10-13(18)11-19-15-8-3-2-7-14(15)16/h2-3,7-8,12-13,18H,4-6,9-11H2,1H3. The van der Waals surface area contributed by atoms with Crippen LogP contribution in [0.3, 0.4) is 0 Å². The molecule has 19 heavy (non-hydrogen) atoms. The van der Waals surface area contributed by atoms with Crippen LogP contribution >= 0.6 is 15.9 Å². The minimum absolute atomic E-state index is 0.339. The second-order valence-electron chi connectivity index (χ2n) is 5.23. The van der Waals surface area contributed by atoms with Crippen LogP contribution in [0.2, 0.25) is 0 Å². The number of likely N-dealkylation sites (tertiary alicyclic amines) is 1. The van der Waals surface area contributed by atoms with E-state index in [4.69, 9.17) is 4.74 Å². The van der Waals surface area contributed by atoms with Gasteiger partial charge in [0.2, 0.25) is 0 Å². The molecule has 1 aromatic carbocycles. The van der Waals surface area contributed by atoms with Crippen molar-refractivity contribution in [3.05, 3.63) is 28.7 Å². The van der Waals surface area contributed by atoms with Gasteiger partial charge in [0.05, 0.1) is 4.47 Å². The molecule has 0 radical (unpaired) electrons. The van der Waals surface area contributed by atoms with Crippen molar-refractivity contribution < 1.29 is 9.84 Å². The Kier molecular flexibility index (Phi) is 5.67. The summed E-state index contributed by atoms with van der Waals surface area (Å²) in [6.45, 7) is 4.37. The van der Waals surface area contributed by atoms with E-state index in [1.807, 2.05) is 24.3 Å². The predicted octanol–water partition coefficient (Wildman–Crippen LogP) is 3.06. The van der Waals surface area contributed by atoms with Gasteiger partial charge in [0.15, 0.2) is 0 Å². The van der Waals surface area contributed by atoms with Crippen molar-refractivity contribution in [3.8, 4) is 5.75 Å². The van der Waals surface area contributed by atoms with Crippen molar-refractivity contribution in [3.63, 3.8) is 0 Å². The van der Waals surface area contributed by atoms with Gasteiger partial charge in [0.1, 0.15) is 18.5 Å². The van der Waals surface area contributed by atoms with E-state index in [0.29, 0.717) is 19.2 Å². The van der Waals surface area contributed by atoms with E-state index >= 15 is 0 Å². The molecule has 1 aliphatic heterocycles. The fourth-order valence-corrected chi connectivity index (χ4v) is 2.90. The normalized spacial score (nSPS) is 22.2. The maximum absolute atomic E-state index is 10.1. The van der Waals surface area contributed by atoms with Crippen LogP contribution in [0.5, 0.6) is 5.75 Å². The molecule has 2 rings (SSSR count). The van der Waals surface area contributed by atoms with Crippen molar-refractivity contribution in [1.29, 1.82) is 0 Å². The topological polar surface area (TPSA) is 32.7 Å². The van der Waals surface area contributed by atoms with Gasteiger partial charge in [0.25, 0.3) is 0 Å². The third-order valence-electron chi connectivity index (χ3n) is 3.65. The zero-order valence-corrected chi connectivity index (χ0v) is 13.0. The van der Waals surface area contributed by atoms with Gasteiger partial charge >= 0.3 is 0 Å². The lowest BCUT2D eigenvalue weighted by atomic mass is 10.0. The van der Waals surface area contributed by atoms with Gasteiger partial charge in [-0.05, 0) is 54.4 Å². The van der Waals surface area contributed by atoms with E-state index in [0.717, 1.165) is 16.8 Å². The predicted molar refractivity (Wildman–Crippen MR) is 80.5 cm³/mol. The average Bonchev–Trinajstić information content (AvgIpc) is 2.40. The summed E-state index contributed by atoms with van der Waals surface area (Å²) in [6, 6.07) is 8.29. The minimum atomic E-state index is -0.437. The Hall–Kier alpha value is -0.580. The SMILES string of the molecule is CC1CCCCN1CC(O)COc1ccccc1Br. The molecule has 0 amide bonds. The van der Waals surface area contributed by atoms with Gasteiger partial charge < -0.3 is 9.84 Å². The van der Waals surface area contributed by atoms with Gasteiger partial charge in [0, 0.05) is 12.6 Å². The number of piperidine rings is 1. The maximum Gasteiger partial charge on any atom is 0.133 e. The van der Waals surface area contributed by atoms with Crippen LogP contribution in [0.4, 0.5) is 0 Å². The van der Waals surface area contributed by atoms with E-state index in [1.54, 1.807) is 0 Å². The van der Waals surface area contributed by atoms with E-state index in [2.05, 4.69) is 27.8 Å². The van der Waals surface area contributed by atoms with Crippen molar-refractivity contribution >= 4 is 15.9 Å². The van der Waals surface area contributed by atoms with Gasteiger partial charge in [-0.1, -0.05) is 18.6 Å². The Morgan fingerprint density at radius 3 is 2.95 bits per heavy atom. The molecule has 2 atom stereocenters. The van der Waals surface area contributed by atoms with Crippen molar-refractivity contribution in [2.24, 2.45) is 0 Å². The minimum Gasteiger partial charge on any atom is -0.490 e. The first-order chi connectivity index (χ1) is 9.16. The van der Waals surface area contributed by atoms with Crippen LogP contribution in [0.15, 0.2) is 28.7 Å². The third-order valence-corrected chi connectivity index (χ3v) is 4.31. The number of para-hydroxylation sites is 1. The molecule has 0 saturated carbocycles.